The molecule has 2 nitrogen and oxygen atoms in total. The zero-order valence-corrected chi connectivity index (χ0v) is 25.3. The van der Waals surface area contributed by atoms with E-state index < -0.39 is 35.1 Å². The molecule has 37 heavy (non-hydrogen) atoms. The molecule has 5 aliphatic carbocycles. The summed E-state index contributed by atoms with van der Waals surface area (Å²) < 4.78 is 21.3. The van der Waals surface area contributed by atoms with Crippen molar-refractivity contribution < 1.29 is 26.6 Å². The van der Waals surface area contributed by atoms with E-state index in [0.717, 1.165) is 19.3 Å². The van der Waals surface area contributed by atoms with Crippen molar-refractivity contribution >= 4 is 22.9 Å². The minimum atomic E-state index is -2.39. The summed E-state index contributed by atoms with van der Waals surface area (Å²) in [5.74, 6) is 1.32. The second-order valence-electron chi connectivity index (χ2n) is 12.6. The number of benzene rings is 2. The Morgan fingerprint density at radius 3 is 1.89 bits per heavy atom. The van der Waals surface area contributed by atoms with E-state index in [0.29, 0.717) is 37.0 Å². The van der Waals surface area contributed by atoms with Crippen molar-refractivity contribution in [3.05, 3.63) is 81.3 Å². The van der Waals surface area contributed by atoms with Crippen LogP contribution in [0, 0.1) is 23.2 Å². The molecular formula is C32H39FNOSiTi. The number of halogens is 1. The average Bonchev–Trinajstić information content (AvgIpc) is 3.05. The Morgan fingerprint density at radius 2 is 1.43 bits per heavy atom. The number of alkyl halides is 1. The third-order valence-electron chi connectivity index (χ3n) is 10.2. The predicted molar refractivity (Wildman–Crippen MR) is 149 cm³/mol. The van der Waals surface area contributed by atoms with E-state index >= 15 is 4.39 Å². The third-order valence-corrected chi connectivity index (χ3v) is 23.5. The van der Waals surface area contributed by atoms with E-state index in [-0.39, 0.29) is 5.91 Å². The van der Waals surface area contributed by atoms with Crippen molar-refractivity contribution in [2.75, 3.05) is 0 Å². The van der Waals surface area contributed by atoms with E-state index in [1.54, 1.807) is 0 Å². The van der Waals surface area contributed by atoms with Crippen LogP contribution in [0.2, 0.25) is 0 Å². The van der Waals surface area contributed by atoms with Gasteiger partial charge in [-0.3, -0.25) is 0 Å². The maximum absolute atomic E-state index is 15.9. The van der Waals surface area contributed by atoms with Crippen LogP contribution in [-0.2, 0) is 22.2 Å². The molecule has 0 aromatic heterocycles. The Labute approximate surface area is 228 Å². The van der Waals surface area contributed by atoms with Gasteiger partial charge in [-0.25, -0.2) is 0 Å². The molecule has 4 bridgehead atoms. The first-order valence-corrected chi connectivity index (χ1v) is 20.1. The number of carbonyl (C=O) groups excluding carboxylic acids is 1. The zero-order chi connectivity index (χ0) is 25.9. The van der Waals surface area contributed by atoms with E-state index in [4.69, 9.17) is 0 Å². The Balaban J connectivity index is 1.45. The molecule has 4 fully saturated rings. The van der Waals surface area contributed by atoms with Crippen LogP contribution in [0.25, 0.3) is 0 Å². The molecule has 1 amide bonds. The van der Waals surface area contributed by atoms with Gasteiger partial charge in [-0.05, 0) is 0 Å². The summed E-state index contributed by atoms with van der Waals surface area (Å²) in [5.41, 5.74) is 2.61. The predicted octanol–water partition coefficient (Wildman–Crippen LogP) is 5.74. The van der Waals surface area contributed by atoms with Crippen LogP contribution >= 0.6 is 0 Å². The minimum absolute atomic E-state index is 0.192. The first-order chi connectivity index (χ1) is 17.7. The monoisotopic (exact) mass is 548 g/mol. The first-order valence-electron chi connectivity index (χ1n) is 14.1. The fourth-order valence-electron chi connectivity index (χ4n) is 8.58. The number of allylic oxidation sites excluding steroid dienone is 4. The van der Waals surface area contributed by atoms with Gasteiger partial charge in [0.15, 0.2) is 0 Å². The molecule has 4 saturated carbocycles. The van der Waals surface area contributed by atoms with E-state index in [9.17, 15) is 4.79 Å². The molecule has 0 heterocycles. The van der Waals surface area contributed by atoms with E-state index in [1.165, 1.54) is 31.0 Å². The maximum atomic E-state index is 15.9. The summed E-state index contributed by atoms with van der Waals surface area (Å²) >= 11 is -2.39. The van der Waals surface area contributed by atoms with Gasteiger partial charge in [0.25, 0.3) is 0 Å². The molecule has 3 atom stereocenters. The van der Waals surface area contributed by atoms with Crippen molar-refractivity contribution in [1.29, 1.82) is 0 Å². The van der Waals surface area contributed by atoms with Crippen molar-refractivity contribution in [1.82, 2.24) is 3.80 Å². The van der Waals surface area contributed by atoms with Gasteiger partial charge in [-0.15, -0.1) is 0 Å². The summed E-state index contributed by atoms with van der Waals surface area (Å²) in [6.07, 6.45) is 4.70. The summed E-state index contributed by atoms with van der Waals surface area (Å²) in [7, 11) is 0. The van der Waals surface area contributed by atoms with Crippen molar-refractivity contribution in [3.63, 3.8) is 0 Å². The molecule has 5 heteroatoms. The quantitative estimate of drug-likeness (QED) is 0.459. The number of carbonyl (C=O) groups is 1. The standard InChI is InChI=1S/C12H11Si.C11H16FNO.C9H13.Ti/c1-3-7-11(8-4-1)13-12-9-5-2-6-10-12;12-11-4-7-1-8(5-11)3-10(2-7,6-11)9(13)14;1-6-5-7(2)9(4)8(6)3;/h1-10,13H;7-8H,1-6H2,(H2,13,14);6H,1-4H3;/q;;;+1/p-1. The molecule has 0 aliphatic heterocycles. The van der Waals surface area contributed by atoms with Gasteiger partial charge in [0.1, 0.15) is 0 Å². The molecule has 193 valence electrons. The van der Waals surface area contributed by atoms with Crippen LogP contribution in [0.3, 0.4) is 0 Å². The van der Waals surface area contributed by atoms with Gasteiger partial charge in [-0.2, -0.15) is 0 Å². The fraction of sp³-hybridized carbons (Fsp3) is 0.469. The van der Waals surface area contributed by atoms with Gasteiger partial charge < -0.3 is 0 Å². The molecular weight excluding hydrogens is 509 g/mol. The van der Waals surface area contributed by atoms with Crippen molar-refractivity contribution in [2.24, 2.45) is 23.2 Å². The van der Waals surface area contributed by atoms with Gasteiger partial charge in [0.05, 0.1) is 0 Å². The molecule has 2 aromatic carbocycles. The Hall–Kier alpha value is -1.75. The summed E-state index contributed by atoms with van der Waals surface area (Å²) in [6, 6.07) is 21.9. The summed E-state index contributed by atoms with van der Waals surface area (Å²) in [6.45, 7) is 7.37. The molecule has 0 radical (unpaired) electrons. The van der Waals surface area contributed by atoms with Gasteiger partial charge in [-0.1, -0.05) is 0 Å². The fourth-order valence-corrected chi connectivity index (χ4v) is 23.8. The number of hydrogen-bond donors (Lipinski definition) is 1. The second-order valence-corrected chi connectivity index (χ2v) is 22.4. The van der Waals surface area contributed by atoms with Crippen LogP contribution in [0.4, 0.5) is 4.39 Å². The summed E-state index contributed by atoms with van der Waals surface area (Å²) in [4.78, 5) is 14.5. The molecule has 0 saturated heterocycles. The van der Waals surface area contributed by atoms with Crippen LogP contribution in [0.5, 0.6) is 0 Å². The number of hydrogen-bond acceptors (Lipinski definition) is 1. The van der Waals surface area contributed by atoms with Crippen molar-refractivity contribution in [2.45, 2.75) is 71.9 Å². The van der Waals surface area contributed by atoms with Gasteiger partial charge in [0.2, 0.25) is 0 Å². The number of nitrogens with one attached hydrogen (secondary N) is 1. The number of rotatable bonds is 6. The summed E-state index contributed by atoms with van der Waals surface area (Å²) in [5, 5.41) is 2.82. The second kappa shape index (κ2) is 9.47. The molecule has 7 rings (SSSR count). The molecule has 0 spiro atoms. The van der Waals surface area contributed by atoms with E-state index in [2.05, 4.69) is 92.2 Å². The third kappa shape index (κ3) is 4.37. The van der Waals surface area contributed by atoms with Crippen molar-refractivity contribution in [3.8, 4) is 0 Å². The average molecular weight is 549 g/mol. The number of amides is 1. The SMILES string of the molecule is CC1=C(C)C(C)[C]([Ti]([NH]C(=O)C23CC4CC(CC(F)(C4)C2)C3)[SiH](c2ccccc2)c2ccccc2)=C1C. The molecule has 5 aliphatic rings. The van der Waals surface area contributed by atoms with Gasteiger partial charge in [0, 0.05) is 0 Å². The Bertz CT molecular complexity index is 1220. The first kappa shape index (κ1) is 25.5. The van der Waals surface area contributed by atoms with Crippen LogP contribution in [0.1, 0.15) is 66.2 Å². The molecule has 3 unspecified atom stereocenters. The normalized spacial score (nSPS) is 32.4. The van der Waals surface area contributed by atoms with Crippen LogP contribution in [-0.4, -0.2) is 18.2 Å². The van der Waals surface area contributed by atoms with Crippen LogP contribution in [0.15, 0.2) is 81.3 Å². The molecule has 2 aromatic rings. The van der Waals surface area contributed by atoms with Gasteiger partial charge >= 0.3 is 230 Å². The van der Waals surface area contributed by atoms with Crippen LogP contribution < -0.4 is 14.2 Å². The Morgan fingerprint density at radius 1 is 0.892 bits per heavy atom. The van der Waals surface area contributed by atoms with E-state index in [1.807, 2.05) is 0 Å². The zero-order valence-electron chi connectivity index (χ0n) is 22.6. The topological polar surface area (TPSA) is 29.1 Å². The Kier molecular flexibility index (Phi) is 6.53. The molecule has 1 N–H and O–H groups in total.